The summed E-state index contributed by atoms with van der Waals surface area (Å²) in [6.07, 6.45) is -0.343. The zero-order valence-corrected chi connectivity index (χ0v) is 12.8. The highest BCUT2D eigenvalue weighted by atomic mass is 32.2. The lowest BCUT2D eigenvalue weighted by Gasteiger charge is -2.16. The van der Waals surface area contributed by atoms with Gasteiger partial charge in [-0.1, -0.05) is 30.3 Å². The summed E-state index contributed by atoms with van der Waals surface area (Å²) >= 11 is 0. The molecular formula is C14H19NO5S. The van der Waals surface area contributed by atoms with Crippen molar-refractivity contribution >= 4 is 16.3 Å². The number of ether oxygens (including phenoxy) is 1. The molecule has 0 amide bonds. The van der Waals surface area contributed by atoms with Gasteiger partial charge in [0, 0.05) is 0 Å². The van der Waals surface area contributed by atoms with E-state index in [2.05, 4.69) is 4.72 Å². The van der Waals surface area contributed by atoms with E-state index in [1.165, 1.54) is 0 Å². The fourth-order valence-electron chi connectivity index (χ4n) is 2.16. The minimum atomic E-state index is -3.88. The highest BCUT2D eigenvalue weighted by Crippen LogP contribution is 2.20. The first kappa shape index (κ1) is 15.9. The van der Waals surface area contributed by atoms with Crippen LogP contribution in [0.1, 0.15) is 25.8 Å². The second kappa shape index (κ2) is 6.55. The molecule has 0 radical (unpaired) electrons. The van der Waals surface area contributed by atoms with Crippen LogP contribution in [-0.4, -0.2) is 32.6 Å². The maximum atomic E-state index is 11.9. The number of nitrogens with one attached hydrogen (secondary N) is 1. The van der Waals surface area contributed by atoms with Crippen molar-refractivity contribution in [3.05, 3.63) is 35.9 Å². The number of carbonyl (C=O) groups excluding carboxylic acids is 1. The Labute approximate surface area is 124 Å². The van der Waals surface area contributed by atoms with Gasteiger partial charge >= 0.3 is 16.3 Å². The van der Waals surface area contributed by atoms with Crippen molar-refractivity contribution in [3.63, 3.8) is 0 Å². The highest BCUT2D eigenvalue weighted by molar-refractivity contribution is 7.85. The average molecular weight is 313 g/mol. The summed E-state index contributed by atoms with van der Waals surface area (Å²) in [6, 6.07) is 9.02. The van der Waals surface area contributed by atoms with Crippen LogP contribution in [0.25, 0.3) is 0 Å². The first-order chi connectivity index (χ1) is 9.87. The SMILES string of the molecule is CC(C)OC(=O)[C@H]1OS(=O)(=O)N[C@H]1CCc1ccccc1. The lowest BCUT2D eigenvalue weighted by Crippen LogP contribution is -2.38. The molecule has 0 aliphatic carbocycles. The first-order valence-electron chi connectivity index (χ1n) is 6.82. The molecule has 1 aromatic carbocycles. The van der Waals surface area contributed by atoms with Crippen molar-refractivity contribution in [1.29, 1.82) is 0 Å². The molecule has 1 N–H and O–H groups in total. The van der Waals surface area contributed by atoms with Crippen molar-refractivity contribution in [2.24, 2.45) is 0 Å². The van der Waals surface area contributed by atoms with Crippen LogP contribution in [0.4, 0.5) is 0 Å². The van der Waals surface area contributed by atoms with Gasteiger partial charge in [0.25, 0.3) is 0 Å². The number of benzene rings is 1. The van der Waals surface area contributed by atoms with E-state index in [9.17, 15) is 13.2 Å². The highest BCUT2D eigenvalue weighted by Gasteiger charge is 2.43. The molecule has 6 nitrogen and oxygen atoms in total. The molecule has 0 aromatic heterocycles. The molecule has 2 rings (SSSR count). The zero-order valence-electron chi connectivity index (χ0n) is 12.0. The molecule has 1 saturated heterocycles. The van der Waals surface area contributed by atoms with Crippen molar-refractivity contribution < 1.29 is 22.1 Å². The summed E-state index contributed by atoms with van der Waals surface area (Å²) in [5.74, 6) is -0.656. The molecule has 0 saturated carbocycles. The molecule has 1 fully saturated rings. The van der Waals surface area contributed by atoms with Crippen LogP contribution in [0.3, 0.4) is 0 Å². The van der Waals surface area contributed by atoms with Gasteiger partial charge in [-0.2, -0.15) is 13.1 Å². The maximum absolute atomic E-state index is 11.9. The number of aryl methyl sites for hydroxylation is 1. The topological polar surface area (TPSA) is 81.7 Å². The number of carbonyl (C=O) groups is 1. The zero-order chi connectivity index (χ0) is 15.5. The molecule has 21 heavy (non-hydrogen) atoms. The van der Waals surface area contributed by atoms with E-state index in [0.717, 1.165) is 5.56 Å². The third-order valence-corrected chi connectivity index (χ3v) is 4.11. The molecule has 1 aromatic rings. The Bertz CT molecular complexity index is 585. The monoisotopic (exact) mass is 313 g/mol. The average Bonchev–Trinajstić information content (AvgIpc) is 2.72. The Balaban J connectivity index is 2.03. The van der Waals surface area contributed by atoms with Crippen LogP contribution >= 0.6 is 0 Å². The second-order valence-electron chi connectivity index (χ2n) is 5.21. The van der Waals surface area contributed by atoms with Crippen LogP contribution in [0.5, 0.6) is 0 Å². The number of rotatable bonds is 5. The first-order valence-corrected chi connectivity index (χ1v) is 8.23. The van der Waals surface area contributed by atoms with E-state index in [1.807, 2.05) is 30.3 Å². The predicted molar refractivity (Wildman–Crippen MR) is 76.7 cm³/mol. The van der Waals surface area contributed by atoms with Gasteiger partial charge in [0.05, 0.1) is 12.1 Å². The molecule has 0 unspecified atom stereocenters. The molecular weight excluding hydrogens is 294 g/mol. The van der Waals surface area contributed by atoms with Gasteiger partial charge in [0.2, 0.25) is 0 Å². The van der Waals surface area contributed by atoms with Gasteiger partial charge in [-0.25, -0.2) is 8.98 Å². The van der Waals surface area contributed by atoms with Crippen molar-refractivity contribution in [2.75, 3.05) is 0 Å². The third kappa shape index (κ3) is 4.52. The van der Waals surface area contributed by atoms with E-state index in [1.54, 1.807) is 13.8 Å². The van der Waals surface area contributed by atoms with Crippen molar-refractivity contribution in [2.45, 2.75) is 44.9 Å². The van der Waals surface area contributed by atoms with Gasteiger partial charge in [-0.15, -0.1) is 0 Å². The van der Waals surface area contributed by atoms with Crippen molar-refractivity contribution in [1.82, 2.24) is 4.72 Å². The summed E-state index contributed by atoms with van der Waals surface area (Å²) in [5.41, 5.74) is 1.07. The van der Waals surface area contributed by atoms with Crippen LogP contribution < -0.4 is 4.72 Å². The second-order valence-corrected chi connectivity index (χ2v) is 6.54. The summed E-state index contributed by atoms with van der Waals surface area (Å²) < 4.78 is 35.2. The molecule has 1 aliphatic heterocycles. The Morgan fingerprint density at radius 1 is 1.33 bits per heavy atom. The lowest BCUT2D eigenvalue weighted by molar-refractivity contribution is -0.155. The normalized spacial score (nSPS) is 24.1. The summed E-state index contributed by atoms with van der Waals surface area (Å²) in [6.45, 7) is 3.40. The van der Waals surface area contributed by atoms with E-state index in [0.29, 0.717) is 12.8 Å². The molecule has 116 valence electrons. The van der Waals surface area contributed by atoms with E-state index in [4.69, 9.17) is 8.92 Å². The summed E-state index contributed by atoms with van der Waals surface area (Å²) in [7, 11) is -3.88. The largest absolute Gasteiger partial charge is 0.461 e. The minimum Gasteiger partial charge on any atom is -0.461 e. The molecule has 2 atom stereocenters. The fourth-order valence-corrected chi connectivity index (χ4v) is 3.31. The van der Waals surface area contributed by atoms with Gasteiger partial charge in [0.1, 0.15) is 0 Å². The standard InChI is InChI=1S/C14H19NO5S/c1-10(2)19-14(16)13-12(15-21(17,18)20-13)9-8-11-6-4-3-5-7-11/h3-7,10,12-13,15H,8-9H2,1-2H3/t12-,13-/m0/s1. The van der Waals surface area contributed by atoms with Gasteiger partial charge in [-0.05, 0) is 32.3 Å². The third-order valence-electron chi connectivity index (χ3n) is 3.06. The fraction of sp³-hybridized carbons (Fsp3) is 0.500. The smallest absolute Gasteiger partial charge is 0.338 e. The van der Waals surface area contributed by atoms with E-state index >= 15 is 0 Å². The van der Waals surface area contributed by atoms with Gasteiger partial charge < -0.3 is 4.74 Å². The summed E-state index contributed by atoms with van der Waals surface area (Å²) in [4.78, 5) is 11.9. The molecule has 1 heterocycles. The number of hydrogen-bond donors (Lipinski definition) is 1. The predicted octanol–water partition coefficient (Wildman–Crippen LogP) is 1.17. The summed E-state index contributed by atoms with van der Waals surface area (Å²) in [5, 5.41) is 0. The molecule has 0 spiro atoms. The Morgan fingerprint density at radius 2 is 2.00 bits per heavy atom. The molecule has 0 bridgehead atoms. The van der Waals surface area contributed by atoms with Crippen LogP contribution in [0.2, 0.25) is 0 Å². The Hall–Kier alpha value is -1.44. The molecule has 7 heteroatoms. The maximum Gasteiger partial charge on any atom is 0.338 e. The molecule has 1 aliphatic rings. The minimum absolute atomic E-state index is 0.320. The van der Waals surface area contributed by atoms with Crippen molar-refractivity contribution in [3.8, 4) is 0 Å². The quantitative estimate of drug-likeness (QED) is 0.825. The van der Waals surface area contributed by atoms with E-state index in [-0.39, 0.29) is 6.10 Å². The van der Waals surface area contributed by atoms with Gasteiger partial charge in [0.15, 0.2) is 6.10 Å². The number of esters is 1. The van der Waals surface area contributed by atoms with Crippen LogP contribution in [0.15, 0.2) is 30.3 Å². The number of hydrogen-bond acceptors (Lipinski definition) is 5. The van der Waals surface area contributed by atoms with Crippen LogP contribution in [0, 0.1) is 0 Å². The Kier molecular flexibility index (Phi) is 4.97. The van der Waals surface area contributed by atoms with Gasteiger partial charge in [-0.3, -0.25) is 0 Å². The van der Waals surface area contributed by atoms with Crippen LogP contribution in [-0.2, 0) is 30.4 Å². The lowest BCUT2D eigenvalue weighted by atomic mass is 10.0. The Morgan fingerprint density at radius 3 is 2.62 bits per heavy atom. The van der Waals surface area contributed by atoms with E-state index < -0.39 is 28.4 Å².